The zero-order valence-corrected chi connectivity index (χ0v) is 53.5. The highest BCUT2D eigenvalue weighted by Gasteiger charge is 2.16. The molecule has 7 heterocycles. The Balaban J connectivity index is 0.000000271. The van der Waals surface area contributed by atoms with Crippen molar-refractivity contribution in [1.82, 2.24) is 82.2 Å². The Hall–Kier alpha value is -5.04. The van der Waals surface area contributed by atoms with Crippen LogP contribution in [0.5, 0.6) is 0 Å². The molecule has 0 aliphatic carbocycles. The van der Waals surface area contributed by atoms with Crippen LogP contribution >= 0.6 is 0 Å². The number of nitrogens with one attached hydrogen (secondary N) is 10. The molecule has 0 saturated carbocycles. The maximum absolute atomic E-state index is 11.6. The first kappa shape index (κ1) is 74.2. The van der Waals surface area contributed by atoms with Gasteiger partial charge in [0.1, 0.15) is 0 Å². The van der Waals surface area contributed by atoms with E-state index in [4.69, 9.17) is 0 Å². The van der Waals surface area contributed by atoms with E-state index in [0.717, 1.165) is 116 Å². The number of amides is 10. The number of anilines is 1. The van der Waals surface area contributed by atoms with E-state index in [1.807, 2.05) is 30.3 Å². The number of benzene rings is 1. The number of urea groups is 4. The zero-order valence-electron chi connectivity index (χ0n) is 53.5. The highest BCUT2D eigenvalue weighted by Crippen LogP contribution is 2.11. The van der Waals surface area contributed by atoms with Crippen LogP contribution in [0.1, 0.15) is 129 Å². The molecule has 7 aliphatic rings. The Morgan fingerprint density at radius 1 is 0.306 bits per heavy atom. The molecule has 10 amide bonds. The zero-order chi connectivity index (χ0) is 61.2. The van der Waals surface area contributed by atoms with Gasteiger partial charge < -0.3 is 87.5 Å². The lowest BCUT2D eigenvalue weighted by Crippen LogP contribution is -2.38. The van der Waals surface area contributed by atoms with Crippen LogP contribution in [0.4, 0.5) is 24.9 Å². The summed E-state index contributed by atoms with van der Waals surface area (Å²) < 4.78 is 0. The van der Waals surface area contributed by atoms with Crippen molar-refractivity contribution < 1.29 is 28.8 Å². The van der Waals surface area contributed by atoms with Crippen LogP contribution in [0.25, 0.3) is 0 Å². The van der Waals surface area contributed by atoms with Gasteiger partial charge in [-0.05, 0) is 246 Å². The van der Waals surface area contributed by atoms with Gasteiger partial charge in [0.05, 0.1) is 0 Å². The SMILES string of the molecule is CC(=O)NCCCN1CCCC1.CC(=O)NCCN1CCCC1.CNC(=O)NCCCN1CCCC1.CNC(=O)NCCN1CCCC1.O=C(NCCCN1CCCC1)NCCCN1CCCC1.O=C(NCCN1CCCC1)Nc1ccccc1. The summed E-state index contributed by atoms with van der Waals surface area (Å²) in [5, 5.41) is 27.7. The fourth-order valence-corrected chi connectivity index (χ4v) is 11.1. The molecule has 0 unspecified atom stereocenters. The molecule has 10 N–H and O–H groups in total. The van der Waals surface area contributed by atoms with Gasteiger partial charge in [-0.1, -0.05) is 18.2 Å². The van der Waals surface area contributed by atoms with Crippen LogP contribution < -0.4 is 53.2 Å². The molecular formula is C62H119N17O6. The minimum atomic E-state index is -0.129. The van der Waals surface area contributed by atoms with Gasteiger partial charge in [0.2, 0.25) is 11.8 Å². The van der Waals surface area contributed by atoms with Gasteiger partial charge in [-0.25, -0.2) is 19.2 Å². The molecule has 0 atom stereocenters. The normalized spacial score (nSPS) is 18.1. The van der Waals surface area contributed by atoms with Gasteiger partial charge in [-0.2, -0.15) is 0 Å². The lowest BCUT2D eigenvalue weighted by atomic mass is 10.3. The van der Waals surface area contributed by atoms with Crippen LogP contribution in [0.2, 0.25) is 0 Å². The van der Waals surface area contributed by atoms with E-state index in [9.17, 15) is 28.8 Å². The highest BCUT2D eigenvalue weighted by molar-refractivity contribution is 5.89. The van der Waals surface area contributed by atoms with E-state index >= 15 is 0 Å². The van der Waals surface area contributed by atoms with Gasteiger partial charge >= 0.3 is 24.1 Å². The van der Waals surface area contributed by atoms with Crippen molar-refractivity contribution >= 4 is 41.6 Å². The molecule has 23 nitrogen and oxygen atoms in total. The van der Waals surface area contributed by atoms with E-state index in [0.29, 0.717) is 6.54 Å². The Bertz CT molecular complexity index is 1830. The lowest BCUT2D eigenvalue weighted by molar-refractivity contribution is -0.119. The summed E-state index contributed by atoms with van der Waals surface area (Å²) in [5.74, 6) is 0.153. The highest BCUT2D eigenvalue weighted by atomic mass is 16.2. The molecule has 488 valence electrons. The van der Waals surface area contributed by atoms with Crippen molar-refractivity contribution in [3.63, 3.8) is 0 Å². The first-order chi connectivity index (χ1) is 41.4. The molecule has 0 radical (unpaired) electrons. The summed E-state index contributed by atoms with van der Waals surface area (Å²) in [4.78, 5) is 82.7. The predicted molar refractivity (Wildman–Crippen MR) is 345 cm³/mol. The molecule has 85 heavy (non-hydrogen) atoms. The van der Waals surface area contributed by atoms with Crippen molar-refractivity contribution in [2.24, 2.45) is 0 Å². The number of nitrogens with zero attached hydrogens (tertiary/aromatic N) is 7. The van der Waals surface area contributed by atoms with Crippen LogP contribution in [0.15, 0.2) is 30.3 Å². The van der Waals surface area contributed by atoms with E-state index in [1.54, 1.807) is 27.9 Å². The third-order valence-electron chi connectivity index (χ3n) is 15.9. The first-order valence-electron chi connectivity index (χ1n) is 33.0. The maximum Gasteiger partial charge on any atom is 0.319 e. The fourth-order valence-electron chi connectivity index (χ4n) is 11.1. The number of hydrogen-bond acceptors (Lipinski definition) is 13. The number of carbonyl (C=O) groups excluding carboxylic acids is 6. The molecule has 8 rings (SSSR count). The Morgan fingerprint density at radius 2 is 0.541 bits per heavy atom. The molecule has 0 bridgehead atoms. The van der Waals surface area contributed by atoms with Crippen molar-refractivity contribution in [2.45, 2.75) is 129 Å². The summed E-state index contributed by atoms with van der Waals surface area (Å²) in [6, 6.07) is 9.18. The van der Waals surface area contributed by atoms with Crippen molar-refractivity contribution in [3.8, 4) is 0 Å². The third kappa shape index (κ3) is 41.7. The Labute approximate surface area is 513 Å². The molecule has 0 aromatic heterocycles. The summed E-state index contributed by atoms with van der Waals surface area (Å²) in [6.45, 7) is 33.0. The second-order valence-corrected chi connectivity index (χ2v) is 23.2. The molecule has 23 heteroatoms. The summed E-state index contributed by atoms with van der Waals surface area (Å²) in [6.07, 6.45) is 22.8. The van der Waals surface area contributed by atoms with Crippen molar-refractivity contribution in [2.75, 3.05) is 203 Å². The van der Waals surface area contributed by atoms with Gasteiger partial charge in [0.25, 0.3) is 0 Å². The monoisotopic (exact) mass is 1200 g/mol. The number of para-hydroxylation sites is 1. The van der Waals surface area contributed by atoms with Crippen LogP contribution in [0.3, 0.4) is 0 Å². The number of likely N-dealkylation sites (tertiary alicyclic amines) is 7. The molecular weight excluding hydrogens is 1080 g/mol. The number of carbonyl (C=O) groups is 6. The second-order valence-electron chi connectivity index (χ2n) is 23.2. The summed E-state index contributed by atoms with van der Waals surface area (Å²) >= 11 is 0. The first-order valence-corrected chi connectivity index (χ1v) is 33.0. The van der Waals surface area contributed by atoms with Gasteiger partial charge in [-0.3, -0.25) is 9.59 Å². The van der Waals surface area contributed by atoms with E-state index in [2.05, 4.69) is 87.5 Å². The minimum absolute atomic E-state index is 0.00663. The Kier molecular flexibility index (Phi) is 43.7. The van der Waals surface area contributed by atoms with E-state index < -0.39 is 0 Å². The summed E-state index contributed by atoms with van der Waals surface area (Å²) in [7, 11) is 3.26. The average molecular weight is 1200 g/mol. The predicted octanol–water partition coefficient (Wildman–Crippen LogP) is 4.40. The molecule has 7 saturated heterocycles. The number of hydrogen-bond donors (Lipinski definition) is 10. The smallest absolute Gasteiger partial charge is 0.319 e. The number of rotatable bonds is 26. The van der Waals surface area contributed by atoms with Gasteiger partial charge in [0, 0.05) is 99.1 Å². The van der Waals surface area contributed by atoms with Crippen molar-refractivity contribution in [3.05, 3.63) is 30.3 Å². The molecule has 7 fully saturated rings. The van der Waals surface area contributed by atoms with E-state index in [1.165, 1.54) is 182 Å². The molecule has 0 spiro atoms. The van der Waals surface area contributed by atoms with Gasteiger partial charge in [0.15, 0.2) is 0 Å². The average Bonchev–Trinajstić information content (AvgIpc) is 4.37. The molecule has 7 aliphatic heterocycles. The standard InChI is InChI=1S/C15H30N4O.C13H19N3O.C9H19N3O.C9H18N2O.C8H17N3O.C8H16N2O/c20-15(16-7-5-13-18-9-1-2-10-18)17-8-6-14-19-11-3-4-12-19;17-13(15-12-6-2-1-3-7-12)14-8-11-16-9-4-5-10-16;1-10-9(13)11-5-4-8-12-6-2-3-7-12;1-9(12)10-5-4-8-11-6-2-3-7-11;1-9-8(12)10-4-7-11-5-2-3-6-11;1-8(11)9-4-7-10-5-2-3-6-10/h1-14H2,(H2,16,17,20);1-3,6-7H,4-5,8-11H2,(H2,14,15,17);2-8H2,1H3,(H2,10,11,13);2-8H2,1H3,(H,10,12);2-7H2,1H3,(H2,9,10,12);2-7H2,1H3,(H,9,11). The topological polar surface area (TPSA) is 245 Å². The minimum Gasteiger partial charge on any atom is -0.356 e. The van der Waals surface area contributed by atoms with Crippen LogP contribution in [-0.2, 0) is 9.59 Å². The molecule has 1 aromatic rings. The lowest BCUT2D eigenvalue weighted by Gasteiger charge is -2.15. The Morgan fingerprint density at radius 3 is 0.835 bits per heavy atom. The summed E-state index contributed by atoms with van der Waals surface area (Å²) in [5.41, 5.74) is 0.825. The quantitative estimate of drug-likeness (QED) is 0.0580. The largest absolute Gasteiger partial charge is 0.356 e. The van der Waals surface area contributed by atoms with Crippen LogP contribution in [0, 0.1) is 0 Å². The molecule has 1 aromatic carbocycles. The van der Waals surface area contributed by atoms with Crippen molar-refractivity contribution in [1.29, 1.82) is 0 Å². The van der Waals surface area contributed by atoms with Crippen LogP contribution in [-0.4, -0.2) is 268 Å². The third-order valence-corrected chi connectivity index (χ3v) is 15.9. The maximum atomic E-state index is 11.6. The fraction of sp³-hybridized carbons (Fsp3) is 0.806. The van der Waals surface area contributed by atoms with Gasteiger partial charge in [-0.15, -0.1) is 0 Å². The van der Waals surface area contributed by atoms with E-state index in [-0.39, 0.29) is 35.9 Å². The second kappa shape index (κ2) is 50.0.